The fourth-order valence-electron chi connectivity index (χ4n) is 3.25. The summed E-state index contributed by atoms with van der Waals surface area (Å²) in [6.45, 7) is 3.75. The molecule has 0 saturated carbocycles. The van der Waals surface area contributed by atoms with Crippen LogP contribution in [0.3, 0.4) is 0 Å². The van der Waals surface area contributed by atoms with E-state index < -0.39 is 73.1 Å². The number of aliphatic hydroxyl groups is 1. The Bertz CT molecular complexity index is 1270. The molecule has 0 amide bonds. The molecule has 0 aliphatic carbocycles. The first-order chi connectivity index (χ1) is 17.2. The van der Waals surface area contributed by atoms with Crippen molar-refractivity contribution in [2.75, 3.05) is 6.61 Å². The number of aromatic nitrogens is 2. The smallest absolute Gasteiger partial charge is 0.459 e. The Morgan fingerprint density at radius 2 is 1.97 bits per heavy atom. The van der Waals surface area contributed by atoms with Crippen molar-refractivity contribution in [3.05, 3.63) is 63.2 Å². The van der Waals surface area contributed by atoms with Crippen molar-refractivity contribution in [3.63, 3.8) is 0 Å². The van der Waals surface area contributed by atoms with Gasteiger partial charge in [-0.1, -0.05) is 29.8 Å². The maximum Gasteiger partial charge on any atom is 0.459 e. The van der Waals surface area contributed by atoms with Crippen LogP contribution < -0.4 is 20.9 Å². The van der Waals surface area contributed by atoms with Crippen LogP contribution >= 0.6 is 19.3 Å². The quantitative estimate of drug-likeness (QED) is 0.220. The van der Waals surface area contributed by atoms with Gasteiger partial charge in [0.2, 0.25) is 5.82 Å². The fraction of sp³-hybridized carbons (Fsp3) is 0.476. The first-order valence-electron chi connectivity index (χ1n) is 10.9. The summed E-state index contributed by atoms with van der Waals surface area (Å²) in [6.07, 6.45) is -6.02. The maximum absolute atomic E-state index is 15.2. The highest BCUT2D eigenvalue weighted by molar-refractivity contribution is 7.52. The summed E-state index contributed by atoms with van der Waals surface area (Å²) >= 11 is 5.78. The number of H-pyrrole nitrogens is 1. The molecule has 1 aliphatic rings. The molecule has 204 valence electrons. The van der Waals surface area contributed by atoms with Crippen molar-refractivity contribution < 1.29 is 41.8 Å². The standard InChI is InChI=1S/C21H25ClF2N3O9P/c1-11(2)34-18(30)12(3)26-37(32,36-13-7-5-4-6-8-13)33-10-15-16(28)21(22,24)19(35-15)27-9-14(23)17(29)25-20(27)31/h4-9,11-12,15-16,19,28H,10H2,1-3H3,(H,26,32)(H,25,29,31)/t12-,15+,16+,19+,21+,37?/m0/s1. The highest BCUT2D eigenvalue weighted by Gasteiger charge is 2.58. The van der Waals surface area contributed by atoms with Gasteiger partial charge in [0.1, 0.15) is 24.0 Å². The lowest BCUT2D eigenvalue weighted by Crippen LogP contribution is -2.42. The number of alkyl halides is 2. The lowest BCUT2D eigenvalue weighted by molar-refractivity contribution is -0.149. The zero-order valence-electron chi connectivity index (χ0n) is 19.8. The number of carbonyl (C=O) groups excluding carboxylic acids is 1. The number of hydrogen-bond acceptors (Lipinski definition) is 9. The van der Waals surface area contributed by atoms with Crippen LogP contribution in [0.2, 0.25) is 0 Å². The Labute approximate surface area is 214 Å². The maximum atomic E-state index is 15.2. The molecule has 2 aromatic rings. The van der Waals surface area contributed by atoms with Crippen LogP contribution in [0.25, 0.3) is 0 Å². The van der Waals surface area contributed by atoms with Crippen molar-refractivity contribution >= 4 is 25.3 Å². The third kappa shape index (κ3) is 6.83. The summed E-state index contributed by atoms with van der Waals surface area (Å²) in [6, 6.07) is 6.55. The molecular formula is C21H25ClF2N3O9P. The van der Waals surface area contributed by atoms with Crippen molar-refractivity contribution in [1.29, 1.82) is 0 Å². The number of benzene rings is 1. The molecule has 0 radical (unpaired) electrons. The third-order valence-electron chi connectivity index (χ3n) is 4.99. The number of aromatic amines is 1. The van der Waals surface area contributed by atoms with Gasteiger partial charge in [0, 0.05) is 0 Å². The number of carbonyl (C=O) groups is 1. The first kappa shape index (κ1) is 29.0. The lowest BCUT2D eigenvalue weighted by Gasteiger charge is -2.25. The average molecular weight is 568 g/mol. The normalized spacial score (nSPS) is 26.0. The molecule has 2 heterocycles. The van der Waals surface area contributed by atoms with Crippen LogP contribution in [0.5, 0.6) is 5.75 Å². The predicted octanol–water partition coefficient (Wildman–Crippen LogP) is 1.97. The number of ether oxygens (including phenoxy) is 2. The zero-order chi connectivity index (χ0) is 27.5. The molecule has 1 unspecified atom stereocenters. The summed E-state index contributed by atoms with van der Waals surface area (Å²) in [5, 5.41) is 9.62. The Balaban J connectivity index is 1.82. The zero-order valence-corrected chi connectivity index (χ0v) is 21.4. The van der Waals surface area contributed by atoms with E-state index in [1.165, 1.54) is 19.1 Å². The van der Waals surface area contributed by atoms with Crippen molar-refractivity contribution in [1.82, 2.24) is 14.6 Å². The van der Waals surface area contributed by atoms with Gasteiger partial charge in [-0.25, -0.2) is 13.8 Å². The SMILES string of the molecule is CC(C)OC(=O)[C@H](C)NP(=O)(OC[C@H]1O[C@@H](n2cc(F)c(=O)[nH]c2=O)[C@@](F)(Cl)[C@@H]1O)Oc1ccccc1. The highest BCUT2D eigenvalue weighted by Crippen LogP contribution is 2.48. The van der Waals surface area contributed by atoms with E-state index in [0.29, 0.717) is 10.8 Å². The van der Waals surface area contributed by atoms with Crippen molar-refractivity contribution in [2.45, 2.75) is 56.5 Å². The van der Waals surface area contributed by atoms with E-state index in [1.807, 2.05) is 0 Å². The fourth-order valence-corrected chi connectivity index (χ4v) is 5.05. The average Bonchev–Trinajstić information content (AvgIpc) is 3.03. The Hall–Kier alpha value is -2.61. The molecule has 1 aliphatic heterocycles. The monoisotopic (exact) mass is 567 g/mol. The number of nitrogens with one attached hydrogen (secondary N) is 2. The van der Waals surface area contributed by atoms with Crippen LogP contribution in [0.4, 0.5) is 8.78 Å². The van der Waals surface area contributed by atoms with Crippen LogP contribution in [0, 0.1) is 5.82 Å². The number of nitrogens with zero attached hydrogens (tertiary/aromatic N) is 1. The van der Waals surface area contributed by atoms with Crippen LogP contribution in [0.15, 0.2) is 46.1 Å². The van der Waals surface area contributed by atoms with Crippen LogP contribution in [-0.2, 0) is 23.4 Å². The number of hydrogen-bond donors (Lipinski definition) is 3. The van der Waals surface area contributed by atoms with E-state index in [0.717, 1.165) is 0 Å². The molecule has 37 heavy (non-hydrogen) atoms. The molecule has 0 bridgehead atoms. The Morgan fingerprint density at radius 3 is 2.59 bits per heavy atom. The summed E-state index contributed by atoms with van der Waals surface area (Å²) in [4.78, 5) is 37.2. The van der Waals surface area contributed by atoms with E-state index in [-0.39, 0.29) is 5.75 Å². The minimum Gasteiger partial charge on any atom is -0.462 e. The van der Waals surface area contributed by atoms with Gasteiger partial charge in [-0.15, -0.1) is 0 Å². The summed E-state index contributed by atoms with van der Waals surface area (Å²) in [5.74, 6) is -2.12. The molecule has 6 atom stereocenters. The largest absolute Gasteiger partial charge is 0.462 e. The summed E-state index contributed by atoms with van der Waals surface area (Å²) in [7, 11) is -4.41. The second-order valence-corrected chi connectivity index (χ2v) is 10.6. The van der Waals surface area contributed by atoms with Gasteiger partial charge in [-0.05, 0) is 32.9 Å². The third-order valence-corrected chi connectivity index (χ3v) is 7.05. The molecule has 1 saturated heterocycles. The van der Waals surface area contributed by atoms with E-state index in [9.17, 15) is 28.4 Å². The van der Waals surface area contributed by atoms with E-state index in [2.05, 4.69) is 5.09 Å². The van der Waals surface area contributed by atoms with Gasteiger partial charge < -0.3 is 19.1 Å². The summed E-state index contributed by atoms with van der Waals surface area (Å²) in [5.41, 5.74) is -2.61. The molecule has 1 fully saturated rings. The number of aliphatic hydroxyl groups excluding tert-OH is 1. The van der Waals surface area contributed by atoms with E-state index in [1.54, 1.807) is 37.0 Å². The van der Waals surface area contributed by atoms with E-state index >= 15 is 4.39 Å². The summed E-state index contributed by atoms with van der Waals surface area (Å²) < 4.78 is 63.9. The van der Waals surface area contributed by atoms with Crippen molar-refractivity contribution in [3.8, 4) is 5.75 Å². The van der Waals surface area contributed by atoms with Gasteiger partial charge >= 0.3 is 19.4 Å². The molecule has 0 spiro atoms. The minimum absolute atomic E-state index is 0.0842. The molecule has 3 N–H and O–H groups in total. The van der Waals surface area contributed by atoms with Gasteiger partial charge in [-0.2, -0.15) is 9.48 Å². The molecular weight excluding hydrogens is 543 g/mol. The van der Waals surface area contributed by atoms with Gasteiger partial charge in [-0.3, -0.25) is 23.7 Å². The predicted molar refractivity (Wildman–Crippen MR) is 125 cm³/mol. The highest BCUT2D eigenvalue weighted by atomic mass is 35.5. The van der Waals surface area contributed by atoms with Crippen LogP contribution in [0.1, 0.15) is 27.0 Å². The second kappa shape index (κ2) is 11.4. The number of halogens is 3. The van der Waals surface area contributed by atoms with Gasteiger partial charge in [0.25, 0.3) is 10.7 Å². The molecule has 1 aromatic carbocycles. The topological polar surface area (TPSA) is 158 Å². The van der Waals surface area contributed by atoms with Crippen LogP contribution in [-0.4, -0.2) is 56.7 Å². The Morgan fingerprint density at radius 1 is 1.32 bits per heavy atom. The lowest BCUT2D eigenvalue weighted by atomic mass is 10.1. The Kier molecular flexibility index (Phi) is 8.93. The second-order valence-electron chi connectivity index (χ2n) is 8.32. The number of para-hydroxylation sites is 1. The van der Waals surface area contributed by atoms with E-state index in [4.69, 9.17) is 30.1 Å². The number of rotatable bonds is 10. The molecule has 3 rings (SSSR count). The van der Waals surface area contributed by atoms with Gasteiger partial charge in [0.05, 0.1) is 18.9 Å². The molecule has 12 nitrogen and oxygen atoms in total. The van der Waals surface area contributed by atoms with Gasteiger partial charge in [0.15, 0.2) is 6.23 Å². The number of esters is 1. The minimum atomic E-state index is -4.41. The van der Waals surface area contributed by atoms with Crippen molar-refractivity contribution in [2.24, 2.45) is 0 Å². The first-order valence-corrected chi connectivity index (χ1v) is 12.9. The molecule has 1 aromatic heterocycles. The molecule has 16 heteroatoms.